The highest BCUT2D eigenvalue weighted by Crippen LogP contribution is 2.24. The number of benzene rings is 2. The molecule has 0 saturated heterocycles. The molecule has 0 saturated carbocycles. The number of nitrogens with one attached hydrogen (secondary N) is 1. The van der Waals surface area contributed by atoms with E-state index in [1.807, 2.05) is 43.3 Å². The Morgan fingerprint density at radius 1 is 1.20 bits per heavy atom. The van der Waals surface area contributed by atoms with Crippen LogP contribution in [0, 0.1) is 17.1 Å². The summed E-state index contributed by atoms with van der Waals surface area (Å²) in [6.07, 6.45) is 0. The average molecular weight is 337 g/mol. The van der Waals surface area contributed by atoms with E-state index in [1.54, 1.807) is 0 Å². The Balaban J connectivity index is 1.69. The summed E-state index contributed by atoms with van der Waals surface area (Å²) in [6.45, 7) is 2.01. The van der Waals surface area contributed by atoms with E-state index in [1.165, 1.54) is 24.3 Å². The second kappa shape index (κ2) is 7.49. The maximum atomic E-state index is 12.9. The molecule has 1 N–H and O–H groups in total. The van der Waals surface area contributed by atoms with Gasteiger partial charge >= 0.3 is 0 Å². The van der Waals surface area contributed by atoms with Crippen molar-refractivity contribution >= 4 is 5.88 Å². The highest BCUT2D eigenvalue weighted by Gasteiger charge is 2.16. The highest BCUT2D eigenvalue weighted by atomic mass is 19.1. The van der Waals surface area contributed by atoms with Crippen LogP contribution >= 0.6 is 0 Å². The standard InChI is InChI=1S/C19H16FN3O2/c1-13(14-5-3-2-4-6-14)22-19-17(11-21)23-18(25-19)12-24-16-9-7-15(20)8-10-16/h2-10,13,22H,12H2,1H3. The summed E-state index contributed by atoms with van der Waals surface area (Å²) in [5, 5.41) is 12.4. The number of anilines is 1. The predicted octanol–water partition coefficient (Wildman–Crippen LogP) is 4.44. The molecule has 0 aliphatic carbocycles. The molecule has 6 heteroatoms. The summed E-state index contributed by atoms with van der Waals surface area (Å²) in [7, 11) is 0. The van der Waals surface area contributed by atoms with Gasteiger partial charge in [0.15, 0.2) is 6.61 Å². The summed E-state index contributed by atoms with van der Waals surface area (Å²) >= 11 is 0. The van der Waals surface area contributed by atoms with Gasteiger partial charge in [-0.25, -0.2) is 4.39 Å². The maximum absolute atomic E-state index is 12.9. The van der Waals surface area contributed by atoms with Crippen molar-refractivity contribution in [1.29, 1.82) is 5.26 Å². The lowest BCUT2D eigenvalue weighted by atomic mass is 10.1. The van der Waals surface area contributed by atoms with Crippen LogP contribution in [-0.2, 0) is 6.61 Å². The van der Waals surface area contributed by atoms with Crippen LogP contribution in [0.4, 0.5) is 10.3 Å². The normalized spacial score (nSPS) is 11.6. The Morgan fingerprint density at radius 2 is 1.92 bits per heavy atom. The molecule has 3 rings (SSSR count). The fourth-order valence-corrected chi connectivity index (χ4v) is 2.30. The van der Waals surface area contributed by atoms with Crippen molar-refractivity contribution in [2.75, 3.05) is 5.32 Å². The molecule has 0 spiro atoms. The first kappa shape index (κ1) is 16.5. The van der Waals surface area contributed by atoms with E-state index in [0.29, 0.717) is 11.6 Å². The zero-order chi connectivity index (χ0) is 17.6. The summed E-state index contributed by atoms with van der Waals surface area (Å²) in [5.41, 5.74) is 1.23. The third-order valence-corrected chi connectivity index (χ3v) is 3.60. The number of hydrogen-bond acceptors (Lipinski definition) is 5. The summed E-state index contributed by atoms with van der Waals surface area (Å²) in [6, 6.07) is 17.4. The van der Waals surface area contributed by atoms with Crippen molar-refractivity contribution in [3.63, 3.8) is 0 Å². The number of hydrogen-bond donors (Lipinski definition) is 1. The van der Waals surface area contributed by atoms with Gasteiger partial charge in [-0.2, -0.15) is 10.2 Å². The van der Waals surface area contributed by atoms with Gasteiger partial charge in [-0.1, -0.05) is 30.3 Å². The van der Waals surface area contributed by atoms with Gasteiger partial charge in [0, 0.05) is 0 Å². The number of oxazole rings is 1. The molecule has 0 bridgehead atoms. The molecule has 0 aliphatic rings. The van der Waals surface area contributed by atoms with E-state index in [2.05, 4.69) is 10.3 Å². The molecule has 0 amide bonds. The fraction of sp³-hybridized carbons (Fsp3) is 0.158. The van der Waals surface area contributed by atoms with Crippen LogP contribution in [0.5, 0.6) is 5.75 Å². The quantitative estimate of drug-likeness (QED) is 0.720. The number of halogens is 1. The third-order valence-electron chi connectivity index (χ3n) is 3.60. The number of nitriles is 1. The molecule has 0 aliphatic heterocycles. The third kappa shape index (κ3) is 4.15. The van der Waals surface area contributed by atoms with Crippen LogP contribution in [0.3, 0.4) is 0 Å². The van der Waals surface area contributed by atoms with E-state index < -0.39 is 0 Å². The molecule has 0 radical (unpaired) electrons. The first-order valence-corrected chi connectivity index (χ1v) is 7.75. The van der Waals surface area contributed by atoms with E-state index in [-0.39, 0.29) is 30.1 Å². The van der Waals surface area contributed by atoms with Gasteiger partial charge in [-0.05, 0) is 36.8 Å². The van der Waals surface area contributed by atoms with E-state index in [0.717, 1.165) is 5.56 Å². The molecule has 5 nitrogen and oxygen atoms in total. The van der Waals surface area contributed by atoms with Crippen LogP contribution in [0.1, 0.15) is 30.1 Å². The van der Waals surface area contributed by atoms with Gasteiger partial charge in [0.2, 0.25) is 17.5 Å². The second-order valence-corrected chi connectivity index (χ2v) is 5.42. The lowest BCUT2D eigenvalue weighted by Crippen LogP contribution is -2.06. The smallest absolute Gasteiger partial charge is 0.236 e. The van der Waals surface area contributed by atoms with Gasteiger partial charge in [0.25, 0.3) is 0 Å². The fourth-order valence-electron chi connectivity index (χ4n) is 2.30. The highest BCUT2D eigenvalue weighted by molar-refractivity contribution is 5.47. The summed E-state index contributed by atoms with van der Waals surface area (Å²) in [4.78, 5) is 4.12. The molecular weight excluding hydrogens is 321 g/mol. The van der Waals surface area contributed by atoms with Crippen LogP contribution in [0.15, 0.2) is 59.0 Å². The summed E-state index contributed by atoms with van der Waals surface area (Å²) < 4.78 is 24.0. The Morgan fingerprint density at radius 3 is 2.60 bits per heavy atom. The van der Waals surface area contributed by atoms with Gasteiger partial charge in [-0.15, -0.1) is 0 Å². The van der Waals surface area contributed by atoms with Crippen molar-refractivity contribution in [2.45, 2.75) is 19.6 Å². The van der Waals surface area contributed by atoms with Crippen LogP contribution in [-0.4, -0.2) is 4.98 Å². The van der Waals surface area contributed by atoms with Crippen LogP contribution < -0.4 is 10.1 Å². The van der Waals surface area contributed by atoms with Gasteiger partial charge in [0.05, 0.1) is 6.04 Å². The van der Waals surface area contributed by atoms with Gasteiger partial charge in [-0.3, -0.25) is 0 Å². The van der Waals surface area contributed by atoms with Crippen LogP contribution in [0.25, 0.3) is 0 Å². The van der Waals surface area contributed by atoms with E-state index in [9.17, 15) is 9.65 Å². The van der Waals surface area contributed by atoms with E-state index in [4.69, 9.17) is 9.15 Å². The van der Waals surface area contributed by atoms with Crippen molar-refractivity contribution in [2.24, 2.45) is 0 Å². The van der Waals surface area contributed by atoms with Crippen molar-refractivity contribution in [1.82, 2.24) is 4.98 Å². The maximum Gasteiger partial charge on any atom is 0.236 e. The van der Waals surface area contributed by atoms with Gasteiger partial charge in [0.1, 0.15) is 17.6 Å². The second-order valence-electron chi connectivity index (χ2n) is 5.42. The Kier molecular flexibility index (Phi) is 4.95. The van der Waals surface area contributed by atoms with E-state index >= 15 is 0 Å². The first-order valence-electron chi connectivity index (χ1n) is 7.75. The number of aromatic nitrogens is 1. The van der Waals surface area contributed by atoms with Crippen molar-refractivity contribution in [3.8, 4) is 11.8 Å². The van der Waals surface area contributed by atoms with Crippen molar-refractivity contribution < 1.29 is 13.5 Å². The topological polar surface area (TPSA) is 71.1 Å². The van der Waals surface area contributed by atoms with Crippen LogP contribution in [0.2, 0.25) is 0 Å². The minimum Gasteiger partial charge on any atom is -0.484 e. The predicted molar refractivity (Wildman–Crippen MR) is 90.4 cm³/mol. The molecule has 25 heavy (non-hydrogen) atoms. The molecule has 2 aromatic carbocycles. The largest absolute Gasteiger partial charge is 0.484 e. The molecule has 3 aromatic rings. The minimum absolute atomic E-state index is 0.0434. The zero-order valence-corrected chi connectivity index (χ0v) is 13.6. The number of nitrogens with zero attached hydrogens (tertiary/aromatic N) is 2. The molecular formula is C19H16FN3O2. The van der Waals surface area contributed by atoms with Gasteiger partial charge < -0.3 is 14.5 Å². The molecule has 126 valence electrons. The number of rotatable bonds is 6. The monoisotopic (exact) mass is 337 g/mol. The zero-order valence-electron chi connectivity index (χ0n) is 13.6. The first-order chi connectivity index (χ1) is 12.2. The Bertz CT molecular complexity index is 870. The summed E-state index contributed by atoms with van der Waals surface area (Å²) in [5.74, 6) is 0.724. The average Bonchev–Trinajstić information content (AvgIpc) is 3.04. The lowest BCUT2D eigenvalue weighted by molar-refractivity contribution is 0.264. The SMILES string of the molecule is CC(Nc1oc(COc2ccc(F)cc2)nc1C#N)c1ccccc1. The van der Waals surface area contributed by atoms with Crippen molar-refractivity contribution in [3.05, 3.63) is 77.6 Å². The molecule has 0 fully saturated rings. The Hall–Kier alpha value is -3.33. The minimum atomic E-state index is -0.336. The number of ether oxygens (including phenoxy) is 1. The molecule has 1 aromatic heterocycles. The molecule has 1 heterocycles. The molecule has 1 unspecified atom stereocenters. The lowest BCUT2D eigenvalue weighted by Gasteiger charge is -2.13. The molecule has 1 atom stereocenters. The Labute approximate surface area is 144 Å².